The first-order valence-electron chi connectivity index (χ1n) is 8.94. The number of hydrogen-bond acceptors (Lipinski definition) is 1. The van der Waals surface area contributed by atoms with E-state index in [9.17, 15) is 4.79 Å². The molecule has 0 saturated heterocycles. The van der Waals surface area contributed by atoms with Crippen LogP contribution in [0.3, 0.4) is 0 Å². The normalized spacial score (nSPS) is 12.0. The topological polar surface area (TPSA) is 37.3 Å². The van der Waals surface area contributed by atoms with Gasteiger partial charge in [-0.15, -0.1) is 0 Å². The van der Waals surface area contributed by atoms with Gasteiger partial charge in [0.25, 0.3) is 0 Å². The van der Waals surface area contributed by atoms with Crippen molar-refractivity contribution in [2.24, 2.45) is 0 Å². The van der Waals surface area contributed by atoms with Crippen LogP contribution < -0.4 is 0 Å². The van der Waals surface area contributed by atoms with E-state index in [-0.39, 0.29) is 0 Å². The number of unbranched alkanes of at least 4 members (excludes halogenated alkanes) is 7. The van der Waals surface area contributed by atoms with Crippen molar-refractivity contribution in [1.29, 1.82) is 0 Å². The zero-order chi connectivity index (χ0) is 16.3. The Bertz CT molecular complexity index is 327. The zero-order valence-corrected chi connectivity index (χ0v) is 14.3. The van der Waals surface area contributed by atoms with Crippen molar-refractivity contribution in [3.8, 4) is 0 Å². The van der Waals surface area contributed by atoms with E-state index in [0.29, 0.717) is 6.42 Å². The maximum absolute atomic E-state index is 10.3. The lowest BCUT2D eigenvalue weighted by Gasteiger charge is -1.97. The van der Waals surface area contributed by atoms with Gasteiger partial charge in [0.2, 0.25) is 0 Å². The molecule has 0 rings (SSSR count). The minimum atomic E-state index is -0.684. The van der Waals surface area contributed by atoms with Crippen molar-refractivity contribution in [2.75, 3.05) is 0 Å². The third-order valence-electron chi connectivity index (χ3n) is 3.51. The van der Waals surface area contributed by atoms with Crippen molar-refractivity contribution in [1.82, 2.24) is 0 Å². The predicted octanol–water partition coefficient (Wildman–Crippen LogP) is 6.44. The highest BCUT2D eigenvalue weighted by Gasteiger charge is 1.94. The van der Waals surface area contributed by atoms with Gasteiger partial charge in [-0.1, -0.05) is 56.2 Å². The van der Waals surface area contributed by atoms with Gasteiger partial charge in [-0.05, 0) is 57.8 Å². The largest absolute Gasteiger partial charge is 0.481 e. The third-order valence-corrected chi connectivity index (χ3v) is 3.51. The molecule has 2 nitrogen and oxygen atoms in total. The lowest BCUT2D eigenvalue weighted by molar-refractivity contribution is -0.137. The predicted molar refractivity (Wildman–Crippen MR) is 96.1 cm³/mol. The Labute approximate surface area is 137 Å². The average Bonchev–Trinajstić information content (AvgIpc) is 2.50. The van der Waals surface area contributed by atoms with Crippen LogP contribution >= 0.6 is 0 Å². The maximum Gasteiger partial charge on any atom is 0.303 e. The number of aliphatic carboxylic acids is 1. The first kappa shape index (κ1) is 20.7. The summed E-state index contributed by atoms with van der Waals surface area (Å²) in [7, 11) is 0. The SMILES string of the molecule is CCC=CCC=CCCCCCCC=CCCCCC(=O)O. The molecule has 0 aliphatic rings. The first-order valence-corrected chi connectivity index (χ1v) is 8.94. The monoisotopic (exact) mass is 306 g/mol. The quantitative estimate of drug-likeness (QED) is 0.279. The maximum atomic E-state index is 10.3. The molecule has 0 aromatic carbocycles. The molecule has 0 heterocycles. The molecule has 22 heavy (non-hydrogen) atoms. The van der Waals surface area contributed by atoms with E-state index in [1.165, 1.54) is 32.1 Å². The molecule has 0 aromatic heterocycles. The van der Waals surface area contributed by atoms with Crippen LogP contribution in [0.1, 0.15) is 84.0 Å². The number of carboxylic acid groups (broad SMARTS) is 1. The van der Waals surface area contributed by atoms with E-state index >= 15 is 0 Å². The highest BCUT2D eigenvalue weighted by molar-refractivity contribution is 5.66. The second kappa shape index (κ2) is 17.7. The van der Waals surface area contributed by atoms with E-state index in [2.05, 4.69) is 43.4 Å². The second-order valence-corrected chi connectivity index (χ2v) is 5.69. The van der Waals surface area contributed by atoms with Crippen LogP contribution in [0.15, 0.2) is 36.5 Å². The van der Waals surface area contributed by atoms with Gasteiger partial charge >= 0.3 is 5.97 Å². The summed E-state index contributed by atoms with van der Waals surface area (Å²) in [6.45, 7) is 2.16. The fourth-order valence-corrected chi connectivity index (χ4v) is 2.21. The van der Waals surface area contributed by atoms with E-state index in [1.54, 1.807) is 0 Å². The number of rotatable bonds is 15. The zero-order valence-electron chi connectivity index (χ0n) is 14.3. The second-order valence-electron chi connectivity index (χ2n) is 5.69. The minimum Gasteiger partial charge on any atom is -0.481 e. The lowest BCUT2D eigenvalue weighted by Crippen LogP contribution is -1.92. The molecular weight excluding hydrogens is 272 g/mol. The molecular formula is C20H34O2. The van der Waals surface area contributed by atoms with Gasteiger partial charge in [0, 0.05) is 6.42 Å². The van der Waals surface area contributed by atoms with Gasteiger partial charge in [0.05, 0.1) is 0 Å². The average molecular weight is 306 g/mol. The van der Waals surface area contributed by atoms with E-state index in [4.69, 9.17) is 5.11 Å². The number of allylic oxidation sites excluding steroid dienone is 6. The van der Waals surface area contributed by atoms with E-state index in [0.717, 1.165) is 38.5 Å². The lowest BCUT2D eigenvalue weighted by atomic mass is 10.1. The van der Waals surface area contributed by atoms with Crippen molar-refractivity contribution in [3.63, 3.8) is 0 Å². The molecule has 0 aromatic rings. The van der Waals surface area contributed by atoms with Gasteiger partial charge in [-0.25, -0.2) is 0 Å². The van der Waals surface area contributed by atoms with Gasteiger partial charge < -0.3 is 5.11 Å². The molecule has 0 radical (unpaired) electrons. The number of carboxylic acids is 1. The van der Waals surface area contributed by atoms with Gasteiger partial charge in [0.1, 0.15) is 0 Å². The molecule has 0 unspecified atom stereocenters. The third kappa shape index (κ3) is 18.7. The molecule has 0 fully saturated rings. The molecule has 0 spiro atoms. The molecule has 0 amide bonds. The standard InChI is InChI=1S/C20H34O2/c1-2-3-4-5-6-7-8-9-10-11-12-13-14-15-16-17-18-19-20(21)22/h3-4,6-7,14-15H,2,5,8-13,16-19H2,1H3,(H,21,22). The summed E-state index contributed by atoms with van der Waals surface area (Å²) in [4.78, 5) is 10.3. The van der Waals surface area contributed by atoms with Crippen molar-refractivity contribution >= 4 is 5.97 Å². The number of carbonyl (C=O) groups is 1. The van der Waals surface area contributed by atoms with Crippen LogP contribution in [-0.4, -0.2) is 11.1 Å². The molecule has 0 aliphatic carbocycles. The summed E-state index contributed by atoms with van der Waals surface area (Å²) < 4.78 is 0. The Morgan fingerprint density at radius 1 is 0.727 bits per heavy atom. The minimum absolute atomic E-state index is 0.303. The highest BCUT2D eigenvalue weighted by atomic mass is 16.4. The molecule has 0 bridgehead atoms. The fraction of sp³-hybridized carbons (Fsp3) is 0.650. The Morgan fingerprint density at radius 2 is 1.23 bits per heavy atom. The van der Waals surface area contributed by atoms with Crippen LogP contribution in [0, 0.1) is 0 Å². The Hall–Kier alpha value is -1.31. The van der Waals surface area contributed by atoms with Crippen LogP contribution in [0.25, 0.3) is 0 Å². The Morgan fingerprint density at radius 3 is 1.77 bits per heavy atom. The molecule has 2 heteroatoms. The molecule has 0 saturated carbocycles. The summed E-state index contributed by atoms with van der Waals surface area (Å²) in [5, 5.41) is 8.51. The molecule has 126 valence electrons. The summed E-state index contributed by atoms with van der Waals surface area (Å²) in [5.41, 5.74) is 0. The van der Waals surface area contributed by atoms with Crippen LogP contribution in [0.5, 0.6) is 0 Å². The smallest absolute Gasteiger partial charge is 0.303 e. The van der Waals surface area contributed by atoms with Crippen LogP contribution in [-0.2, 0) is 4.79 Å². The van der Waals surface area contributed by atoms with Crippen molar-refractivity contribution < 1.29 is 9.90 Å². The molecule has 1 N–H and O–H groups in total. The summed E-state index contributed by atoms with van der Waals surface area (Å²) >= 11 is 0. The van der Waals surface area contributed by atoms with Crippen LogP contribution in [0.4, 0.5) is 0 Å². The van der Waals surface area contributed by atoms with Gasteiger partial charge in [0.15, 0.2) is 0 Å². The summed E-state index contributed by atoms with van der Waals surface area (Å²) in [6.07, 6.45) is 26.3. The Kier molecular flexibility index (Phi) is 16.7. The van der Waals surface area contributed by atoms with Crippen molar-refractivity contribution in [3.05, 3.63) is 36.5 Å². The van der Waals surface area contributed by atoms with Gasteiger partial charge in [-0.2, -0.15) is 0 Å². The van der Waals surface area contributed by atoms with Gasteiger partial charge in [-0.3, -0.25) is 4.79 Å². The van der Waals surface area contributed by atoms with E-state index < -0.39 is 5.97 Å². The summed E-state index contributed by atoms with van der Waals surface area (Å²) in [6, 6.07) is 0. The number of hydrogen-bond donors (Lipinski definition) is 1. The van der Waals surface area contributed by atoms with E-state index in [1.807, 2.05) is 0 Å². The highest BCUT2D eigenvalue weighted by Crippen LogP contribution is 2.08. The first-order chi connectivity index (χ1) is 10.8. The fourth-order valence-electron chi connectivity index (χ4n) is 2.21. The Balaban J connectivity index is 3.19. The van der Waals surface area contributed by atoms with Crippen molar-refractivity contribution in [2.45, 2.75) is 84.0 Å². The van der Waals surface area contributed by atoms with Crippen LogP contribution in [0.2, 0.25) is 0 Å². The summed E-state index contributed by atoms with van der Waals surface area (Å²) in [5.74, 6) is -0.684. The molecule has 0 aliphatic heterocycles. The molecule has 0 atom stereocenters.